The first kappa shape index (κ1) is 18.3. The van der Waals surface area contributed by atoms with Crippen molar-refractivity contribution in [3.63, 3.8) is 0 Å². The van der Waals surface area contributed by atoms with Crippen LogP contribution in [-0.4, -0.2) is 24.2 Å². The Kier molecular flexibility index (Phi) is 6.22. The van der Waals surface area contributed by atoms with Crippen molar-refractivity contribution < 1.29 is 22.7 Å². The number of amides is 1. The number of rotatable bonds is 7. The summed E-state index contributed by atoms with van der Waals surface area (Å²) in [7, 11) is 0. The SMILES string of the molecule is CCCC(C)(N)C(=O)NCc1ccc(OCC(F)(F)F)cc1. The number of nitrogens with one attached hydrogen (secondary N) is 1. The number of halogens is 3. The van der Waals surface area contributed by atoms with E-state index in [0.717, 1.165) is 12.0 Å². The van der Waals surface area contributed by atoms with Gasteiger partial charge in [-0.3, -0.25) is 4.79 Å². The third-order valence-corrected chi connectivity index (χ3v) is 3.07. The van der Waals surface area contributed by atoms with Gasteiger partial charge in [0.25, 0.3) is 0 Å². The van der Waals surface area contributed by atoms with Gasteiger partial charge in [0, 0.05) is 6.54 Å². The van der Waals surface area contributed by atoms with Crippen molar-refractivity contribution in [1.29, 1.82) is 0 Å². The molecule has 0 bridgehead atoms. The Morgan fingerprint density at radius 2 is 1.86 bits per heavy atom. The van der Waals surface area contributed by atoms with Crippen LogP contribution < -0.4 is 15.8 Å². The minimum absolute atomic E-state index is 0.127. The fourth-order valence-corrected chi connectivity index (χ4v) is 1.89. The molecule has 0 aliphatic carbocycles. The molecule has 0 fully saturated rings. The van der Waals surface area contributed by atoms with Crippen LogP contribution in [0.25, 0.3) is 0 Å². The highest BCUT2D eigenvalue weighted by Crippen LogP contribution is 2.19. The van der Waals surface area contributed by atoms with Crippen molar-refractivity contribution >= 4 is 5.91 Å². The van der Waals surface area contributed by atoms with Crippen LogP contribution in [0.1, 0.15) is 32.3 Å². The number of ether oxygens (including phenoxy) is 1. The predicted octanol–water partition coefficient (Wildman–Crippen LogP) is 2.76. The van der Waals surface area contributed by atoms with Crippen LogP contribution in [0.5, 0.6) is 5.75 Å². The molecule has 3 N–H and O–H groups in total. The maximum atomic E-state index is 12.0. The first-order chi connectivity index (χ1) is 10.1. The van der Waals surface area contributed by atoms with E-state index >= 15 is 0 Å². The van der Waals surface area contributed by atoms with E-state index in [1.165, 1.54) is 12.1 Å². The number of carbonyl (C=O) groups is 1. The predicted molar refractivity (Wildman–Crippen MR) is 77.3 cm³/mol. The number of carbonyl (C=O) groups excluding carboxylic acids is 1. The quantitative estimate of drug-likeness (QED) is 0.812. The Morgan fingerprint density at radius 3 is 2.36 bits per heavy atom. The fourth-order valence-electron chi connectivity index (χ4n) is 1.89. The van der Waals surface area contributed by atoms with Crippen LogP contribution in [0.15, 0.2) is 24.3 Å². The molecular weight excluding hydrogens is 297 g/mol. The van der Waals surface area contributed by atoms with E-state index in [2.05, 4.69) is 10.1 Å². The van der Waals surface area contributed by atoms with Crippen molar-refractivity contribution in [2.75, 3.05) is 6.61 Å². The Bertz CT molecular complexity index is 485. The average molecular weight is 318 g/mol. The monoisotopic (exact) mass is 318 g/mol. The van der Waals surface area contributed by atoms with Gasteiger partial charge >= 0.3 is 6.18 Å². The zero-order valence-corrected chi connectivity index (χ0v) is 12.7. The van der Waals surface area contributed by atoms with Gasteiger partial charge in [-0.2, -0.15) is 13.2 Å². The van der Waals surface area contributed by atoms with E-state index in [9.17, 15) is 18.0 Å². The first-order valence-electron chi connectivity index (χ1n) is 7.00. The summed E-state index contributed by atoms with van der Waals surface area (Å²) in [6.07, 6.45) is -2.99. The van der Waals surface area contributed by atoms with Crippen molar-refractivity contribution in [1.82, 2.24) is 5.32 Å². The normalized spacial score (nSPS) is 14.3. The van der Waals surface area contributed by atoms with Crippen molar-refractivity contribution in [2.45, 2.75) is 44.9 Å². The van der Waals surface area contributed by atoms with Gasteiger partial charge in [-0.05, 0) is 31.0 Å². The standard InChI is InChI=1S/C15H21F3N2O2/c1-3-8-14(2,19)13(21)20-9-11-4-6-12(7-5-11)22-10-15(16,17)18/h4-7H,3,8-10,19H2,1-2H3,(H,20,21). The number of benzene rings is 1. The van der Waals surface area contributed by atoms with Crippen LogP contribution in [0.4, 0.5) is 13.2 Å². The minimum Gasteiger partial charge on any atom is -0.484 e. The zero-order valence-electron chi connectivity index (χ0n) is 12.7. The molecule has 1 aromatic carbocycles. The number of nitrogens with two attached hydrogens (primary N) is 1. The van der Waals surface area contributed by atoms with E-state index in [4.69, 9.17) is 5.73 Å². The number of alkyl halides is 3. The highest BCUT2D eigenvalue weighted by atomic mass is 19.4. The smallest absolute Gasteiger partial charge is 0.422 e. The highest BCUT2D eigenvalue weighted by molar-refractivity contribution is 5.85. The summed E-state index contributed by atoms with van der Waals surface area (Å²) in [5.74, 6) is -0.131. The van der Waals surface area contributed by atoms with Crippen molar-refractivity contribution in [3.05, 3.63) is 29.8 Å². The topological polar surface area (TPSA) is 64.4 Å². The zero-order chi connectivity index (χ0) is 16.8. The second kappa shape index (κ2) is 7.49. The molecule has 1 aromatic rings. The molecule has 0 aromatic heterocycles. The maximum absolute atomic E-state index is 12.0. The summed E-state index contributed by atoms with van der Waals surface area (Å²) in [6, 6.07) is 6.06. The second-order valence-corrected chi connectivity index (χ2v) is 5.40. The van der Waals surface area contributed by atoms with Gasteiger partial charge in [0.05, 0.1) is 5.54 Å². The highest BCUT2D eigenvalue weighted by Gasteiger charge is 2.28. The van der Waals surface area contributed by atoms with Crippen molar-refractivity contribution in [3.8, 4) is 5.75 Å². The molecule has 0 radical (unpaired) electrons. The largest absolute Gasteiger partial charge is 0.484 e. The van der Waals surface area contributed by atoms with Gasteiger partial charge in [-0.1, -0.05) is 25.5 Å². The minimum atomic E-state index is -4.36. The Hall–Kier alpha value is -1.76. The average Bonchev–Trinajstić information content (AvgIpc) is 2.42. The molecule has 0 spiro atoms. The molecule has 4 nitrogen and oxygen atoms in total. The van der Waals surface area contributed by atoms with Gasteiger partial charge in [-0.15, -0.1) is 0 Å². The summed E-state index contributed by atoms with van der Waals surface area (Å²) >= 11 is 0. The van der Waals surface area contributed by atoms with Crippen LogP contribution in [0.2, 0.25) is 0 Å². The molecule has 1 unspecified atom stereocenters. The summed E-state index contributed by atoms with van der Waals surface area (Å²) in [6.45, 7) is 2.54. The third-order valence-electron chi connectivity index (χ3n) is 3.07. The Balaban J connectivity index is 2.49. The van der Waals surface area contributed by atoms with Crippen LogP contribution in [-0.2, 0) is 11.3 Å². The van der Waals surface area contributed by atoms with Gasteiger partial charge in [0.2, 0.25) is 5.91 Å². The van der Waals surface area contributed by atoms with Crippen LogP contribution in [0.3, 0.4) is 0 Å². The lowest BCUT2D eigenvalue weighted by Crippen LogP contribution is -2.51. The lowest BCUT2D eigenvalue weighted by Gasteiger charge is -2.22. The van der Waals surface area contributed by atoms with Gasteiger partial charge in [0.15, 0.2) is 6.61 Å². The molecule has 7 heteroatoms. The van der Waals surface area contributed by atoms with Crippen LogP contribution in [0, 0.1) is 0 Å². The molecule has 0 heterocycles. The van der Waals surface area contributed by atoms with Gasteiger partial charge < -0.3 is 15.8 Å². The van der Waals surface area contributed by atoms with E-state index in [1.54, 1.807) is 19.1 Å². The van der Waals surface area contributed by atoms with Gasteiger partial charge in [0.1, 0.15) is 5.75 Å². The van der Waals surface area contributed by atoms with E-state index in [0.29, 0.717) is 6.42 Å². The molecule has 1 atom stereocenters. The molecule has 0 aliphatic heterocycles. The molecule has 124 valence electrons. The Morgan fingerprint density at radius 1 is 1.27 bits per heavy atom. The third kappa shape index (κ3) is 6.34. The lowest BCUT2D eigenvalue weighted by molar-refractivity contribution is -0.153. The lowest BCUT2D eigenvalue weighted by atomic mass is 9.96. The molecule has 0 saturated heterocycles. The molecule has 1 amide bonds. The van der Waals surface area contributed by atoms with Gasteiger partial charge in [-0.25, -0.2) is 0 Å². The van der Waals surface area contributed by atoms with E-state index in [1.807, 2.05) is 6.92 Å². The van der Waals surface area contributed by atoms with Crippen LogP contribution >= 0.6 is 0 Å². The molecule has 0 aliphatic rings. The van der Waals surface area contributed by atoms with Crippen molar-refractivity contribution in [2.24, 2.45) is 5.73 Å². The van der Waals surface area contributed by atoms with E-state index in [-0.39, 0.29) is 18.2 Å². The molecule has 0 saturated carbocycles. The summed E-state index contributed by atoms with van der Waals surface area (Å²) in [4.78, 5) is 11.9. The molecular formula is C15H21F3N2O2. The molecule has 22 heavy (non-hydrogen) atoms. The van der Waals surface area contributed by atoms with E-state index < -0.39 is 18.3 Å². The number of hydrogen-bond acceptors (Lipinski definition) is 3. The maximum Gasteiger partial charge on any atom is 0.422 e. The Labute approximate surface area is 127 Å². The summed E-state index contributed by atoms with van der Waals surface area (Å²) in [5.41, 5.74) is 5.72. The molecule has 1 rings (SSSR count). The fraction of sp³-hybridized carbons (Fsp3) is 0.533. The summed E-state index contributed by atoms with van der Waals surface area (Å²) in [5, 5.41) is 2.72. The first-order valence-corrected chi connectivity index (χ1v) is 7.00. The second-order valence-electron chi connectivity index (χ2n) is 5.40. The number of hydrogen-bond donors (Lipinski definition) is 2. The summed E-state index contributed by atoms with van der Waals surface area (Å²) < 4.78 is 40.7.